The second kappa shape index (κ2) is 9.60. The molecule has 7 heteroatoms. The van der Waals surface area contributed by atoms with Gasteiger partial charge in [0.15, 0.2) is 0 Å². The zero-order valence-electron chi connectivity index (χ0n) is 14.3. The number of carboxylic acids is 1. The van der Waals surface area contributed by atoms with Crippen LogP contribution >= 0.6 is 34.8 Å². The van der Waals surface area contributed by atoms with E-state index in [1.165, 1.54) is 10.8 Å². The smallest absolute Gasteiger partial charge is 0.356 e. The van der Waals surface area contributed by atoms with E-state index in [0.717, 1.165) is 17.0 Å². The van der Waals surface area contributed by atoms with Crippen LogP contribution in [0.25, 0.3) is 10.8 Å². The third kappa shape index (κ3) is 6.75. The van der Waals surface area contributed by atoms with Crippen LogP contribution in [0.1, 0.15) is 5.56 Å². The SMILES string of the molecule is COc1ccc(C=Nc2ccc3ccccc3c2)cc1.O=C(O)C(Cl)(Cl)Cl. The van der Waals surface area contributed by atoms with Crippen molar-refractivity contribution in [3.63, 3.8) is 0 Å². The van der Waals surface area contributed by atoms with E-state index in [9.17, 15) is 4.79 Å². The predicted octanol–water partition coefficient (Wildman–Crippen LogP) is 6.04. The summed E-state index contributed by atoms with van der Waals surface area (Å²) in [5.74, 6) is -0.606. The van der Waals surface area contributed by atoms with Gasteiger partial charge < -0.3 is 9.84 Å². The van der Waals surface area contributed by atoms with Gasteiger partial charge in [-0.2, -0.15) is 0 Å². The molecule has 0 aliphatic rings. The molecule has 0 aromatic heterocycles. The number of hydrogen-bond donors (Lipinski definition) is 1. The van der Waals surface area contributed by atoms with Gasteiger partial charge in [0, 0.05) is 6.21 Å². The Morgan fingerprint density at radius 3 is 2.15 bits per heavy atom. The number of alkyl halides is 3. The van der Waals surface area contributed by atoms with E-state index in [1.807, 2.05) is 48.7 Å². The van der Waals surface area contributed by atoms with Gasteiger partial charge in [0.25, 0.3) is 3.79 Å². The number of methoxy groups -OCH3 is 1. The highest BCUT2D eigenvalue weighted by Crippen LogP contribution is 2.25. The number of aliphatic carboxylic acids is 1. The topological polar surface area (TPSA) is 58.9 Å². The van der Waals surface area contributed by atoms with Crippen molar-refractivity contribution in [2.75, 3.05) is 7.11 Å². The average molecular weight is 425 g/mol. The Morgan fingerprint density at radius 1 is 1.00 bits per heavy atom. The summed E-state index contributed by atoms with van der Waals surface area (Å²) >= 11 is 14.4. The number of carbonyl (C=O) groups is 1. The Hall–Kier alpha value is -2.27. The fourth-order valence-electron chi connectivity index (χ4n) is 2.10. The zero-order chi connectivity index (χ0) is 19.9. The van der Waals surface area contributed by atoms with Crippen LogP contribution in [0.3, 0.4) is 0 Å². The van der Waals surface area contributed by atoms with Gasteiger partial charge >= 0.3 is 5.97 Å². The largest absolute Gasteiger partial charge is 0.497 e. The van der Waals surface area contributed by atoms with Gasteiger partial charge in [-0.1, -0.05) is 65.1 Å². The summed E-state index contributed by atoms with van der Waals surface area (Å²) in [7, 11) is 1.66. The minimum absolute atomic E-state index is 0.854. The minimum Gasteiger partial charge on any atom is -0.497 e. The van der Waals surface area contributed by atoms with E-state index in [0.29, 0.717) is 0 Å². The van der Waals surface area contributed by atoms with Gasteiger partial charge in [-0.25, -0.2) is 4.79 Å². The molecule has 3 rings (SSSR count). The van der Waals surface area contributed by atoms with Crippen molar-refractivity contribution in [2.24, 2.45) is 4.99 Å². The van der Waals surface area contributed by atoms with Crippen molar-refractivity contribution >= 4 is 63.4 Å². The number of nitrogens with zero attached hydrogens (tertiary/aromatic N) is 1. The highest BCUT2D eigenvalue weighted by Gasteiger charge is 2.29. The number of hydrogen-bond acceptors (Lipinski definition) is 3. The maximum absolute atomic E-state index is 9.62. The number of carboxylic acid groups (broad SMARTS) is 1. The molecule has 27 heavy (non-hydrogen) atoms. The minimum atomic E-state index is -2.17. The van der Waals surface area contributed by atoms with Crippen LogP contribution in [0.15, 0.2) is 71.7 Å². The van der Waals surface area contributed by atoms with Crippen molar-refractivity contribution in [1.82, 2.24) is 0 Å². The first-order valence-electron chi connectivity index (χ1n) is 7.76. The maximum Gasteiger partial charge on any atom is 0.356 e. The molecular weight excluding hydrogens is 409 g/mol. The number of halogens is 3. The summed E-state index contributed by atoms with van der Waals surface area (Å²) < 4.78 is 2.97. The summed E-state index contributed by atoms with van der Waals surface area (Å²) in [5.41, 5.74) is 2.01. The van der Waals surface area contributed by atoms with Gasteiger partial charge in [0.2, 0.25) is 0 Å². The second-order valence-corrected chi connectivity index (χ2v) is 7.65. The van der Waals surface area contributed by atoms with Gasteiger partial charge in [0.1, 0.15) is 5.75 Å². The standard InChI is InChI=1S/C18H15NO.C2HCl3O2/c1-20-18-10-6-14(7-11-18)13-19-17-9-8-15-4-2-3-5-16(15)12-17;3-2(4,5)1(6)7/h2-13H,1H3;(H,6,7). The first kappa shape index (κ1) is 21.0. The normalized spacial score (nSPS) is 11.1. The van der Waals surface area contributed by atoms with Crippen molar-refractivity contribution in [2.45, 2.75) is 3.79 Å². The molecule has 0 saturated heterocycles. The van der Waals surface area contributed by atoms with E-state index >= 15 is 0 Å². The van der Waals surface area contributed by atoms with Crippen LogP contribution in [0.4, 0.5) is 5.69 Å². The molecular formula is C20H16Cl3NO3. The van der Waals surface area contributed by atoms with Gasteiger partial charge in [-0.15, -0.1) is 0 Å². The number of rotatable bonds is 3. The van der Waals surface area contributed by atoms with Crippen LogP contribution in [-0.4, -0.2) is 28.2 Å². The molecule has 3 aromatic rings. The van der Waals surface area contributed by atoms with E-state index in [4.69, 9.17) is 44.6 Å². The Morgan fingerprint density at radius 2 is 1.59 bits per heavy atom. The molecule has 4 nitrogen and oxygen atoms in total. The molecule has 0 bridgehead atoms. The second-order valence-electron chi connectivity index (χ2n) is 5.37. The fraction of sp³-hybridized carbons (Fsp3) is 0.100. The summed E-state index contributed by atoms with van der Waals surface area (Å²) in [6.45, 7) is 0. The van der Waals surface area contributed by atoms with Crippen LogP contribution in [-0.2, 0) is 4.79 Å². The predicted molar refractivity (Wildman–Crippen MR) is 112 cm³/mol. The fourth-order valence-corrected chi connectivity index (χ4v) is 2.10. The van der Waals surface area contributed by atoms with Crippen LogP contribution in [0.2, 0.25) is 0 Å². The molecule has 140 valence electrons. The lowest BCUT2D eigenvalue weighted by Crippen LogP contribution is -2.16. The van der Waals surface area contributed by atoms with E-state index in [2.05, 4.69) is 29.3 Å². The number of fused-ring (bicyclic) bond motifs is 1. The zero-order valence-corrected chi connectivity index (χ0v) is 16.5. The lowest BCUT2D eigenvalue weighted by Gasteiger charge is -2.00. The summed E-state index contributed by atoms with van der Waals surface area (Å²) in [4.78, 5) is 14.1. The van der Waals surface area contributed by atoms with Crippen molar-refractivity contribution in [3.05, 3.63) is 72.3 Å². The number of aliphatic imine (C=N–C) groups is 1. The molecule has 0 amide bonds. The average Bonchev–Trinajstić information content (AvgIpc) is 2.66. The van der Waals surface area contributed by atoms with Gasteiger partial charge in [-0.3, -0.25) is 4.99 Å². The van der Waals surface area contributed by atoms with Crippen LogP contribution < -0.4 is 4.74 Å². The molecule has 0 saturated carbocycles. The van der Waals surface area contributed by atoms with E-state index in [1.54, 1.807) is 7.11 Å². The van der Waals surface area contributed by atoms with Crippen molar-refractivity contribution in [3.8, 4) is 5.75 Å². The van der Waals surface area contributed by atoms with Gasteiger partial charge in [-0.05, 0) is 52.7 Å². The highest BCUT2D eigenvalue weighted by atomic mass is 35.6. The maximum atomic E-state index is 9.62. The number of benzene rings is 3. The highest BCUT2D eigenvalue weighted by molar-refractivity contribution is 6.75. The van der Waals surface area contributed by atoms with Crippen molar-refractivity contribution in [1.29, 1.82) is 0 Å². The Labute approximate surface area is 172 Å². The molecule has 0 aliphatic heterocycles. The quantitative estimate of drug-likeness (QED) is 0.412. The lowest BCUT2D eigenvalue weighted by atomic mass is 10.1. The van der Waals surface area contributed by atoms with Gasteiger partial charge in [0.05, 0.1) is 12.8 Å². The molecule has 0 atom stereocenters. The first-order chi connectivity index (χ1) is 12.8. The molecule has 0 radical (unpaired) electrons. The third-order valence-corrected chi connectivity index (χ3v) is 3.94. The van der Waals surface area contributed by atoms with E-state index in [-0.39, 0.29) is 0 Å². The molecule has 0 fully saturated rings. The van der Waals surface area contributed by atoms with E-state index < -0.39 is 9.76 Å². The Balaban J connectivity index is 0.000000321. The third-order valence-electron chi connectivity index (χ3n) is 3.45. The summed E-state index contributed by atoms with van der Waals surface area (Å²) in [5, 5.41) is 10.3. The molecule has 3 aromatic carbocycles. The summed E-state index contributed by atoms with van der Waals surface area (Å²) in [6, 6.07) is 22.3. The van der Waals surface area contributed by atoms with Crippen LogP contribution in [0.5, 0.6) is 5.75 Å². The van der Waals surface area contributed by atoms with Crippen molar-refractivity contribution < 1.29 is 14.6 Å². The Bertz CT molecular complexity index is 935. The molecule has 1 N–H and O–H groups in total. The number of ether oxygens (including phenoxy) is 1. The lowest BCUT2D eigenvalue weighted by molar-refractivity contribution is -0.135. The molecule has 0 aliphatic carbocycles. The molecule has 0 unspecified atom stereocenters. The van der Waals surface area contributed by atoms with Crippen LogP contribution in [0, 0.1) is 0 Å². The Kier molecular flexibility index (Phi) is 7.48. The first-order valence-corrected chi connectivity index (χ1v) is 8.90. The monoisotopic (exact) mass is 423 g/mol. The molecule has 0 heterocycles. The molecule has 0 spiro atoms. The summed E-state index contributed by atoms with van der Waals surface area (Å²) in [6.07, 6.45) is 1.86.